The summed E-state index contributed by atoms with van der Waals surface area (Å²) in [6.07, 6.45) is -0.602. The number of aliphatic hydroxyl groups is 1. The first-order chi connectivity index (χ1) is 5.68. The van der Waals surface area contributed by atoms with Crippen molar-refractivity contribution in [3.05, 3.63) is 17.5 Å². The second kappa shape index (κ2) is 4.23. The highest BCUT2D eigenvalue weighted by atomic mass is 32.1. The summed E-state index contributed by atoms with van der Waals surface area (Å²) in [5.41, 5.74) is 0. The largest absolute Gasteiger partial charge is 0.415 e. The Labute approximate surface area is 74.6 Å². The summed E-state index contributed by atoms with van der Waals surface area (Å²) in [5.74, 6) is -0.396. The van der Waals surface area contributed by atoms with E-state index in [4.69, 9.17) is 9.84 Å². The van der Waals surface area contributed by atoms with E-state index in [0.717, 1.165) is 0 Å². The van der Waals surface area contributed by atoms with Gasteiger partial charge in [0.05, 0.1) is 12.5 Å². The highest BCUT2D eigenvalue weighted by Gasteiger charge is 2.08. The van der Waals surface area contributed by atoms with Gasteiger partial charge in [0.25, 0.3) is 0 Å². The van der Waals surface area contributed by atoms with E-state index in [9.17, 15) is 4.79 Å². The molecule has 1 rings (SSSR count). The van der Waals surface area contributed by atoms with Crippen molar-refractivity contribution in [1.29, 1.82) is 0 Å². The summed E-state index contributed by atoms with van der Waals surface area (Å²) in [6.45, 7) is 1.55. The first-order valence-corrected chi connectivity index (χ1v) is 4.48. The molecule has 1 N–H and O–H groups in total. The second-order valence-electron chi connectivity index (χ2n) is 2.46. The molecule has 0 saturated carbocycles. The van der Waals surface area contributed by atoms with Gasteiger partial charge in [-0.15, -0.1) is 11.3 Å². The molecule has 0 spiro atoms. The van der Waals surface area contributed by atoms with Crippen LogP contribution in [0.1, 0.15) is 13.3 Å². The third-order valence-corrected chi connectivity index (χ3v) is 1.92. The molecule has 3 nitrogen and oxygen atoms in total. The predicted molar refractivity (Wildman–Crippen MR) is 46.3 cm³/mol. The molecule has 0 aliphatic carbocycles. The average Bonchev–Trinajstić information content (AvgIpc) is 2.37. The van der Waals surface area contributed by atoms with Gasteiger partial charge in [0.1, 0.15) is 0 Å². The smallest absolute Gasteiger partial charge is 0.314 e. The molecular formula is C8H10O3S. The van der Waals surface area contributed by atoms with Crippen LogP contribution in [0.4, 0.5) is 0 Å². The summed E-state index contributed by atoms with van der Waals surface area (Å²) in [7, 11) is 0. The van der Waals surface area contributed by atoms with E-state index in [2.05, 4.69) is 0 Å². The average molecular weight is 186 g/mol. The Hall–Kier alpha value is -0.870. The lowest BCUT2D eigenvalue weighted by Crippen LogP contribution is -2.14. The molecule has 1 atom stereocenters. The van der Waals surface area contributed by atoms with E-state index < -0.39 is 12.1 Å². The van der Waals surface area contributed by atoms with Gasteiger partial charge in [-0.1, -0.05) is 0 Å². The first kappa shape index (κ1) is 9.22. The van der Waals surface area contributed by atoms with Crippen molar-refractivity contribution in [1.82, 2.24) is 0 Å². The predicted octanol–water partition coefficient (Wildman–Crippen LogP) is 1.42. The third-order valence-electron chi connectivity index (χ3n) is 1.17. The van der Waals surface area contributed by atoms with Crippen LogP contribution in [0.2, 0.25) is 0 Å². The molecule has 0 bridgehead atoms. The van der Waals surface area contributed by atoms with Crippen molar-refractivity contribution in [2.24, 2.45) is 0 Å². The van der Waals surface area contributed by atoms with Crippen LogP contribution in [0.25, 0.3) is 0 Å². The molecular weight excluding hydrogens is 176 g/mol. The van der Waals surface area contributed by atoms with E-state index in [0.29, 0.717) is 5.06 Å². The summed E-state index contributed by atoms with van der Waals surface area (Å²) in [5, 5.41) is 11.2. The van der Waals surface area contributed by atoms with Gasteiger partial charge in [-0.05, 0) is 24.4 Å². The maximum atomic E-state index is 10.9. The van der Waals surface area contributed by atoms with Crippen molar-refractivity contribution >= 4 is 17.3 Å². The molecule has 1 aromatic heterocycles. The van der Waals surface area contributed by atoms with E-state index in [1.165, 1.54) is 11.3 Å². The number of hydrogen-bond donors (Lipinski definition) is 1. The van der Waals surface area contributed by atoms with Crippen LogP contribution < -0.4 is 4.74 Å². The zero-order chi connectivity index (χ0) is 8.97. The quantitative estimate of drug-likeness (QED) is 0.726. The fourth-order valence-electron chi connectivity index (χ4n) is 0.717. The lowest BCUT2D eigenvalue weighted by Gasteiger charge is -2.02. The summed E-state index contributed by atoms with van der Waals surface area (Å²) in [6, 6.07) is 3.51. The molecule has 0 aliphatic heterocycles. The standard InChI is InChI=1S/C8H10O3S/c1-6(9)5-7(10)11-8-3-2-4-12-8/h2-4,6,9H,5H2,1H3. The summed E-state index contributed by atoms with van der Waals surface area (Å²) >= 11 is 1.35. The molecule has 1 aromatic rings. The second-order valence-corrected chi connectivity index (χ2v) is 3.37. The number of thiophene rings is 1. The first-order valence-electron chi connectivity index (χ1n) is 3.60. The van der Waals surface area contributed by atoms with Crippen LogP contribution in [0.5, 0.6) is 5.06 Å². The van der Waals surface area contributed by atoms with Crippen molar-refractivity contribution in [3.8, 4) is 5.06 Å². The number of carbonyl (C=O) groups is 1. The SMILES string of the molecule is CC(O)CC(=O)Oc1cccs1. The Morgan fingerprint density at radius 1 is 1.83 bits per heavy atom. The molecule has 0 fully saturated rings. The van der Waals surface area contributed by atoms with E-state index in [1.807, 2.05) is 5.38 Å². The Morgan fingerprint density at radius 3 is 3.08 bits per heavy atom. The normalized spacial score (nSPS) is 12.5. The lowest BCUT2D eigenvalue weighted by atomic mass is 10.3. The third kappa shape index (κ3) is 3.02. The summed E-state index contributed by atoms with van der Waals surface area (Å²) in [4.78, 5) is 10.9. The number of ether oxygens (including phenoxy) is 1. The monoisotopic (exact) mass is 186 g/mol. The van der Waals surface area contributed by atoms with Crippen LogP contribution in [0, 0.1) is 0 Å². The van der Waals surface area contributed by atoms with Crippen molar-refractivity contribution in [3.63, 3.8) is 0 Å². The molecule has 0 saturated heterocycles. The van der Waals surface area contributed by atoms with Crippen LogP contribution in [-0.4, -0.2) is 17.2 Å². The Bertz CT molecular complexity index is 241. The fraction of sp³-hybridized carbons (Fsp3) is 0.375. The molecule has 1 heterocycles. The molecule has 0 aromatic carbocycles. The van der Waals surface area contributed by atoms with Gasteiger partial charge in [-0.3, -0.25) is 4.79 Å². The zero-order valence-electron chi connectivity index (χ0n) is 6.69. The molecule has 0 aliphatic rings. The van der Waals surface area contributed by atoms with Gasteiger partial charge >= 0.3 is 5.97 Å². The molecule has 0 amide bonds. The van der Waals surface area contributed by atoms with E-state index >= 15 is 0 Å². The fourth-order valence-corrected chi connectivity index (χ4v) is 1.31. The lowest BCUT2D eigenvalue weighted by molar-refractivity contribution is -0.136. The Kier molecular flexibility index (Phi) is 3.25. The van der Waals surface area contributed by atoms with Crippen LogP contribution in [-0.2, 0) is 4.79 Å². The van der Waals surface area contributed by atoms with Gasteiger partial charge in [-0.25, -0.2) is 0 Å². The molecule has 4 heteroatoms. The van der Waals surface area contributed by atoms with Crippen molar-refractivity contribution in [2.75, 3.05) is 0 Å². The highest BCUT2D eigenvalue weighted by molar-refractivity contribution is 7.11. The minimum Gasteiger partial charge on any atom is -0.415 e. The Balaban J connectivity index is 2.37. The zero-order valence-corrected chi connectivity index (χ0v) is 7.50. The van der Waals surface area contributed by atoms with Crippen LogP contribution in [0.3, 0.4) is 0 Å². The molecule has 0 radical (unpaired) electrons. The van der Waals surface area contributed by atoms with Crippen LogP contribution >= 0.6 is 11.3 Å². The summed E-state index contributed by atoms with van der Waals surface area (Å²) < 4.78 is 4.88. The molecule has 1 unspecified atom stereocenters. The number of rotatable bonds is 3. The van der Waals surface area contributed by atoms with Gasteiger partial charge < -0.3 is 9.84 Å². The van der Waals surface area contributed by atoms with Gasteiger partial charge in [-0.2, -0.15) is 0 Å². The van der Waals surface area contributed by atoms with Crippen molar-refractivity contribution in [2.45, 2.75) is 19.4 Å². The van der Waals surface area contributed by atoms with Gasteiger partial charge in [0, 0.05) is 0 Å². The van der Waals surface area contributed by atoms with Crippen LogP contribution in [0.15, 0.2) is 17.5 Å². The topological polar surface area (TPSA) is 46.5 Å². The van der Waals surface area contributed by atoms with E-state index in [1.54, 1.807) is 19.1 Å². The maximum absolute atomic E-state index is 10.9. The van der Waals surface area contributed by atoms with Gasteiger partial charge in [0.15, 0.2) is 5.06 Å². The number of aliphatic hydroxyl groups excluding tert-OH is 1. The highest BCUT2D eigenvalue weighted by Crippen LogP contribution is 2.18. The molecule has 66 valence electrons. The number of esters is 1. The van der Waals surface area contributed by atoms with E-state index in [-0.39, 0.29) is 6.42 Å². The number of carbonyl (C=O) groups excluding carboxylic acids is 1. The molecule has 12 heavy (non-hydrogen) atoms. The minimum absolute atomic E-state index is 0.0396. The van der Waals surface area contributed by atoms with Gasteiger partial charge in [0.2, 0.25) is 0 Å². The maximum Gasteiger partial charge on any atom is 0.314 e. The Morgan fingerprint density at radius 2 is 2.58 bits per heavy atom. The number of hydrogen-bond acceptors (Lipinski definition) is 4. The minimum atomic E-state index is -0.641. The van der Waals surface area contributed by atoms with Crippen molar-refractivity contribution < 1.29 is 14.6 Å².